The summed E-state index contributed by atoms with van der Waals surface area (Å²) in [6.07, 6.45) is 0.553. The fraction of sp³-hybridized carbons (Fsp3) is 0.545. The fourth-order valence-corrected chi connectivity index (χ4v) is 2.70. The van der Waals surface area contributed by atoms with E-state index in [1.807, 2.05) is 7.05 Å². The highest BCUT2D eigenvalue weighted by atomic mass is 32.1. The average molecular weight is 223 g/mol. The fourth-order valence-electron chi connectivity index (χ4n) is 1.60. The molecule has 1 aromatic heterocycles. The molecule has 0 fully saturated rings. The minimum absolute atomic E-state index is 0.248. The Balaban J connectivity index is 2.72. The second-order valence-electron chi connectivity index (χ2n) is 3.61. The third-order valence-electron chi connectivity index (χ3n) is 2.54. The summed E-state index contributed by atoms with van der Waals surface area (Å²) in [6, 6.07) is 4.52. The van der Waals surface area contributed by atoms with E-state index in [9.17, 15) is 0 Å². The van der Waals surface area contributed by atoms with Gasteiger partial charge in [0.2, 0.25) is 0 Å². The molecule has 0 amide bonds. The summed E-state index contributed by atoms with van der Waals surface area (Å²) in [4.78, 5) is 3.47. The van der Waals surface area contributed by atoms with E-state index in [0.29, 0.717) is 13.0 Å². The normalized spacial score (nSPS) is 12.7. The van der Waals surface area contributed by atoms with Crippen molar-refractivity contribution in [3.63, 3.8) is 0 Å². The Kier molecular flexibility index (Phi) is 4.76. The van der Waals surface area contributed by atoms with Gasteiger partial charge in [-0.15, -0.1) is 11.3 Å². The predicted octanol–water partition coefficient (Wildman–Crippen LogP) is 1.90. The van der Waals surface area contributed by atoms with E-state index in [2.05, 4.69) is 29.3 Å². The topological polar surface area (TPSA) is 53.0 Å². The van der Waals surface area contributed by atoms with Gasteiger partial charge >= 0.3 is 0 Å². The molecule has 0 radical (unpaired) electrons. The van der Waals surface area contributed by atoms with Crippen molar-refractivity contribution in [3.05, 3.63) is 21.9 Å². The van der Waals surface area contributed by atoms with Crippen LogP contribution in [0.15, 0.2) is 11.4 Å². The van der Waals surface area contributed by atoms with E-state index in [4.69, 9.17) is 11.0 Å². The molecule has 1 rings (SSSR count). The lowest BCUT2D eigenvalue weighted by Gasteiger charge is -2.25. The molecule has 0 aliphatic carbocycles. The van der Waals surface area contributed by atoms with Gasteiger partial charge in [-0.05, 0) is 31.0 Å². The molecule has 0 saturated carbocycles. The minimum atomic E-state index is 0.248. The lowest BCUT2D eigenvalue weighted by molar-refractivity contribution is 0.258. The van der Waals surface area contributed by atoms with Gasteiger partial charge in [0.05, 0.1) is 12.1 Å². The molecular formula is C11H17N3S. The van der Waals surface area contributed by atoms with E-state index in [1.54, 1.807) is 11.3 Å². The van der Waals surface area contributed by atoms with E-state index in [-0.39, 0.29) is 6.04 Å². The monoisotopic (exact) mass is 223 g/mol. The van der Waals surface area contributed by atoms with Crippen LogP contribution in [0.5, 0.6) is 0 Å². The lowest BCUT2D eigenvalue weighted by atomic mass is 10.1. The van der Waals surface area contributed by atoms with Crippen molar-refractivity contribution in [2.45, 2.75) is 19.4 Å². The second-order valence-corrected chi connectivity index (χ2v) is 4.56. The molecule has 4 heteroatoms. The molecule has 82 valence electrons. The maximum atomic E-state index is 8.55. The first-order valence-electron chi connectivity index (χ1n) is 5.02. The Labute approximate surface area is 95.1 Å². The summed E-state index contributed by atoms with van der Waals surface area (Å²) in [5.74, 6) is 0. The van der Waals surface area contributed by atoms with Crippen LogP contribution in [0.2, 0.25) is 0 Å². The van der Waals surface area contributed by atoms with Crippen molar-refractivity contribution in [2.75, 3.05) is 20.1 Å². The number of nitriles is 1. The summed E-state index contributed by atoms with van der Waals surface area (Å²) in [5.41, 5.74) is 7.08. The summed E-state index contributed by atoms with van der Waals surface area (Å²) < 4.78 is 0. The number of likely N-dealkylation sites (N-methyl/N-ethyl adjacent to an activating group) is 1. The Morgan fingerprint density at radius 1 is 1.67 bits per heavy atom. The number of hydrogen-bond donors (Lipinski definition) is 1. The Morgan fingerprint density at radius 3 is 2.87 bits per heavy atom. The zero-order valence-corrected chi connectivity index (χ0v) is 10.0. The highest BCUT2D eigenvalue weighted by molar-refractivity contribution is 7.10. The number of thiophene rings is 1. The molecule has 0 aromatic carbocycles. The predicted molar refractivity (Wildman–Crippen MR) is 63.7 cm³/mol. The molecular weight excluding hydrogens is 206 g/mol. The standard InChI is InChI=1S/C11H17N3S/c1-9-4-7-15-11(9)10(8-13)14(2)6-3-5-12/h4,7,10H,3,6,8,13H2,1-2H3. The lowest BCUT2D eigenvalue weighted by Crippen LogP contribution is -2.31. The molecule has 1 unspecified atom stereocenters. The van der Waals surface area contributed by atoms with Gasteiger partial charge in [0, 0.05) is 24.4 Å². The first kappa shape index (κ1) is 12.2. The van der Waals surface area contributed by atoms with Crippen LogP contribution in [0.4, 0.5) is 0 Å². The van der Waals surface area contributed by atoms with Gasteiger partial charge in [0.15, 0.2) is 0 Å². The van der Waals surface area contributed by atoms with Crippen LogP contribution in [0, 0.1) is 18.3 Å². The molecule has 1 atom stereocenters. The molecule has 1 heterocycles. The Morgan fingerprint density at radius 2 is 2.40 bits per heavy atom. The van der Waals surface area contributed by atoms with Crippen molar-refractivity contribution >= 4 is 11.3 Å². The molecule has 3 nitrogen and oxygen atoms in total. The van der Waals surface area contributed by atoms with Gasteiger partial charge in [0.25, 0.3) is 0 Å². The van der Waals surface area contributed by atoms with Crippen molar-refractivity contribution in [2.24, 2.45) is 5.73 Å². The maximum absolute atomic E-state index is 8.55. The summed E-state index contributed by atoms with van der Waals surface area (Å²) >= 11 is 1.74. The zero-order chi connectivity index (χ0) is 11.3. The summed E-state index contributed by atoms with van der Waals surface area (Å²) in [6.45, 7) is 3.48. The number of aryl methyl sites for hydroxylation is 1. The number of rotatable bonds is 5. The number of nitrogens with two attached hydrogens (primary N) is 1. The van der Waals surface area contributed by atoms with Crippen LogP contribution in [0.25, 0.3) is 0 Å². The smallest absolute Gasteiger partial charge is 0.0635 e. The first-order chi connectivity index (χ1) is 7.20. The molecule has 2 N–H and O–H groups in total. The molecule has 1 aromatic rings. The SMILES string of the molecule is Cc1ccsc1C(CN)N(C)CCC#N. The molecule has 0 aliphatic heterocycles. The summed E-state index contributed by atoms with van der Waals surface area (Å²) in [7, 11) is 2.02. The largest absolute Gasteiger partial charge is 0.329 e. The van der Waals surface area contributed by atoms with Gasteiger partial charge in [-0.2, -0.15) is 5.26 Å². The van der Waals surface area contributed by atoms with Crippen LogP contribution in [-0.4, -0.2) is 25.0 Å². The van der Waals surface area contributed by atoms with E-state index in [1.165, 1.54) is 10.4 Å². The van der Waals surface area contributed by atoms with E-state index in [0.717, 1.165) is 6.54 Å². The minimum Gasteiger partial charge on any atom is -0.329 e. The van der Waals surface area contributed by atoms with E-state index >= 15 is 0 Å². The van der Waals surface area contributed by atoms with Gasteiger partial charge in [-0.25, -0.2) is 0 Å². The Bertz CT molecular complexity index is 340. The Hall–Kier alpha value is -0.890. The summed E-state index contributed by atoms with van der Waals surface area (Å²) in [5, 5.41) is 10.6. The van der Waals surface area contributed by atoms with Crippen LogP contribution in [0.1, 0.15) is 22.9 Å². The third-order valence-corrected chi connectivity index (χ3v) is 3.66. The third kappa shape index (κ3) is 3.03. The highest BCUT2D eigenvalue weighted by Crippen LogP contribution is 2.27. The average Bonchev–Trinajstić information content (AvgIpc) is 2.63. The van der Waals surface area contributed by atoms with Gasteiger partial charge in [-0.3, -0.25) is 4.90 Å². The molecule has 0 saturated heterocycles. The van der Waals surface area contributed by atoms with Crippen molar-refractivity contribution < 1.29 is 0 Å². The van der Waals surface area contributed by atoms with Crippen LogP contribution < -0.4 is 5.73 Å². The van der Waals surface area contributed by atoms with Crippen LogP contribution >= 0.6 is 11.3 Å². The molecule has 0 aliphatic rings. The molecule has 0 bridgehead atoms. The van der Waals surface area contributed by atoms with Crippen molar-refractivity contribution in [1.29, 1.82) is 5.26 Å². The number of hydrogen-bond acceptors (Lipinski definition) is 4. The first-order valence-corrected chi connectivity index (χ1v) is 5.90. The van der Waals surface area contributed by atoms with Gasteiger partial charge in [-0.1, -0.05) is 0 Å². The van der Waals surface area contributed by atoms with Crippen molar-refractivity contribution in [3.8, 4) is 6.07 Å². The van der Waals surface area contributed by atoms with E-state index < -0.39 is 0 Å². The maximum Gasteiger partial charge on any atom is 0.0635 e. The van der Waals surface area contributed by atoms with Crippen LogP contribution in [-0.2, 0) is 0 Å². The van der Waals surface area contributed by atoms with Crippen molar-refractivity contribution in [1.82, 2.24) is 4.90 Å². The second kappa shape index (κ2) is 5.86. The molecule has 0 spiro atoms. The quantitative estimate of drug-likeness (QED) is 0.829. The van der Waals surface area contributed by atoms with Gasteiger partial charge < -0.3 is 5.73 Å². The van der Waals surface area contributed by atoms with Crippen LogP contribution in [0.3, 0.4) is 0 Å². The molecule has 15 heavy (non-hydrogen) atoms. The highest BCUT2D eigenvalue weighted by Gasteiger charge is 2.17. The number of nitrogens with zero attached hydrogens (tertiary/aromatic N) is 2. The zero-order valence-electron chi connectivity index (χ0n) is 9.23. The van der Waals surface area contributed by atoms with Gasteiger partial charge in [0.1, 0.15) is 0 Å².